The Labute approximate surface area is 172 Å². The molecule has 1 aliphatic heterocycles. The summed E-state index contributed by atoms with van der Waals surface area (Å²) >= 11 is 5.91. The van der Waals surface area contributed by atoms with Crippen LogP contribution in [0, 0.1) is 16.0 Å². The van der Waals surface area contributed by atoms with Crippen molar-refractivity contribution in [2.75, 3.05) is 16.8 Å². The Kier molecular flexibility index (Phi) is 5.24. The summed E-state index contributed by atoms with van der Waals surface area (Å²) in [5.41, 5.74) is 1.92. The molecule has 0 bridgehead atoms. The van der Waals surface area contributed by atoms with Crippen molar-refractivity contribution in [2.45, 2.75) is 32.1 Å². The Hall–Kier alpha value is -2.93. The molecule has 7 nitrogen and oxygen atoms in total. The highest BCUT2D eigenvalue weighted by Crippen LogP contribution is 2.35. The number of nitro groups is 1. The number of hydrogen-bond acceptors (Lipinski definition) is 4. The predicted octanol–water partition coefficient (Wildman–Crippen LogP) is 4.58. The third-order valence-electron chi connectivity index (χ3n) is 5.61. The van der Waals surface area contributed by atoms with Crippen LogP contribution in [0.3, 0.4) is 0 Å². The second-order valence-electron chi connectivity index (χ2n) is 7.44. The van der Waals surface area contributed by atoms with Gasteiger partial charge in [0.25, 0.3) is 11.6 Å². The van der Waals surface area contributed by atoms with Crippen LogP contribution in [0.2, 0.25) is 5.02 Å². The smallest absolute Gasteiger partial charge is 0.282 e. The topological polar surface area (TPSA) is 92.6 Å². The summed E-state index contributed by atoms with van der Waals surface area (Å²) < 4.78 is 0. The van der Waals surface area contributed by atoms with E-state index in [2.05, 4.69) is 5.32 Å². The summed E-state index contributed by atoms with van der Waals surface area (Å²) in [5.74, 6) is -0.394. The fourth-order valence-corrected chi connectivity index (χ4v) is 4.30. The number of nitrogens with zero attached hydrogens (tertiary/aromatic N) is 2. The van der Waals surface area contributed by atoms with E-state index in [9.17, 15) is 19.7 Å². The van der Waals surface area contributed by atoms with Crippen molar-refractivity contribution in [1.29, 1.82) is 0 Å². The maximum atomic E-state index is 12.9. The molecule has 2 amide bonds. The Bertz CT molecular complexity index is 1000. The normalized spacial score (nSPS) is 16.0. The Morgan fingerprint density at radius 2 is 1.90 bits per heavy atom. The van der Waals surface area contributed by atoms with E-state index >= 15 is 0 Å². The standard InChI is InChI=1S/C21H20ClN3O4/c22-15-6-8-18(25(28)29)17(11-15)20(26)23-16-7-5-13-9-10-24(19(13)12-16)21(27)14-3-1-2-4-14/h5-8,11-12,14H,1-4,9-10H2,(H,23,26). The summed E-state index contributed by atoms with van der Waals surface area (Å²) in [6.45, 7) is 0.641. The average molecular weight is 414 g/mol. The molecule has 8 heteroatoms. The van der Waals surface area contributed by atoms with E-state index in [1.807, 2.05) is 11.0 Å². The molecule has 2 aromatic carbocycles. The monoisotopic (exact) mass is 413 g/mol. The van der Waals surface area contributed by atoms with Gasteiger partial charge in [0.1, 0.15) is 5.56 Å². The third kappa shape index (κ3) is 3.82. The zero-order valence-electron chi connectivity index (χ0n) is 15.7. The van der Waals surface area contributed by atoms with Crippen molar-refractivity contribution in [3.05, 3.63) is 62.7 Å². The second kappa shape index (κ2) is 7.83. The molecule has 29 heavy (non-hydrogen) atoms. The molecule has 1 aliphatic carbocycles. The molecule has 2 aliphatic rings. The Morgan fingerprint density at radius 3 is 2.62 bits per heavy atom. The van der Waals surface area contributed by atoms with Crippen LogP contribution >= 0.6 is 11.6 Å². The molecule has 0 aromatic heterocycles. The third-order valence-corrected chi connectivity index (χ3v) is 5.84. The number of anilines is 2. The first-order chi connectivity index (χ1) is 13.9. The average Bonchev–Trinajstić information content (AvgIpc) is 3.37. The van der Waals surface area contributed by atoms with E-state index in [0.717, 1.165) is 43.4 Å². The number of rotatable bonds is 4. The summed E-state index contributed by atoms with van der Waals surface area (Å²) in [7, 11) is 0. The fourth-order valence-electron chi connectivity index (χ4n) is 4.13. The number of carbonyl (C=O) groups excluding carboxylic acids is 2. The minimum absolute atomic E-state index is 0.0771. The Morgan fingerprint density at radius 1 is 1.14 bits per heavy atom. The molecule has 1 heterocycles. The number of hydrogen-bond donors (Lipinski definition) is 1. The lowest BCUT2D eigenvalue weighted by molar-refractivity contribution is -0.385. The fraction of sp³-hybridized carbons (Fsp3) is 0.333. The van der Waals surface area contributed by atoms with Gasteiger partial charge in [-0.2, -0.15) is 0 Å². The van der Waals surface area contributed by atoms with Gasteiger partial charge >= 0.3 is 0 Å². The number of halogens is 1. The van der Waals surface area contributed by atoms with Gasteiger partial charge in [0.2, 0.25) is 5.91 Å². The molecule has 1 saturated carbocycles. The molecule has 1 N–H and O–H groups in total. The molecule has 1 fully saturated rings. The van der Waals surface area contributed by atoms with Crippen molar-refractivity contribution in [2.24, 2.45) is 5.92 Å². The van der Waals surface area contributed by atoms with Gasteiger partial charge in [-0.1, -0.05) is 30.5 Å². The highest BCUT2D eigenvalue weighted by Gasteiger charge is 2.32. The quantitative estimate of drug-likeness (QED) is 0.586. The van der Waals surface area contributed by atoms with Gasteiger partial charge in [-0.25, -0.2) is 0 Å². The van der Waals surface area contributed by atoms with Crippen LogP contribution < -0.4 is 10.2 Å². The summed E-state index contributed by atoms with van der Waals surface area (Å²) in [6.07, 6.45) is 4.82. The molecule has 2 aromatic rings. The van der Waals surface area contributed by atoms with Crippen molar-refractivity contribution in [3.8, 4) is 0 Å². The number of nitrogens with one attached hydrogen (secondary N) is 1. The lowest BCUT2D eigenvalue weighted by atomic mass is 10.1. The van der Waals surface area contributed by atoms with E-state index in [0.29, 0.717) is 12.2 Å². The van der Waals surface area contributed by atoms with Gasteiger partial charge in [0.15, 0.2) is 0 Å². The predicted molar refractivity (Wildman–Crippen MR) is 111 cm³/mol. The van der Waals surface area contributed by atoms with E-state index in [4.69, 9.17) is 11.6 Å². The zero-order valence-corrected chi connectivity index (χ0v) is 16.4. The number of amides is 2. The summed E-state index contributed by atoms with van der Waals surface area (Å²) in [5, 5.41) is 14.2. The molecule has 0 atom stereocenters. The molecular formula is C21H20ClN3O4. The summed E-state index contributed by atoms with van der Waals surface area (Å²) in [6, 6.07) is 9.26. The van der Waals surface area contributed by atoms with Gasteiger partial charge in [0, 0.05) is 34.9 Å². The van der Waals surface area contributed by atoms with Gasteiger partial charge in [-0.15, -0.1) is 0 Å². The van der Waals surface area contributed by atoms with Crippen LogP contribution in [-0.4, -0.2) is 23.3 Å². The van der Waals surface area contributed by atoms with Crippen molar-refractivity contribution < 1.29 is 14.5 Å². The van der Waals surface area contributed by atoms with E-state index in [1.165, 1.54) is 18.2 Å². The highest BCUT2D eigenvalue weighted by atomic mass is 35.5. The maximum absolute atomic E-state index is 12.9. The molecule has 0 unspecified atom stereocenters. The minimum Gasteiger partial charge on any atom is -0.322 e. The van der Waals surface area contributed by atoms with Crippen molar-refractivity contribution in [3.63, 3.8) is 0 Å². The van der Waals surface area contributed by atoms with Crippen molar-refractivity contribution >= 4 is 40.5 Å². The van der Waals surface area contributed by atoms with Gasteiger partial charge < -0.3 is 10.2 Å². The van der Waals surface area contributed by atoms with E-state index < -0.39 is 10.8 Å². The molecular weight excluding hydrogens is 394 g/mol. The van der Waals surface area contributed by atoms with Gasteiger partial charge in [-0.05, 0) is 49.1 Å². The SMILES string of the molecule is O=C(Nc1ccc2c(c1)N(C(=O)C1CCCC1)CC2)c1cc(Cl)ccc1[N+](=O)[O-]. The van der Waals surface area contributed by atoms with Crippen molar-refractivity contribution in [1.82, 2.24) is 0 Å². The lowest BCUT2D eigenvalue weighted by Crippen LogP contribution is -2.33. The van der Waals surface area contributed by atoms with Gasteiger partial charge in [-0.3, -0.25) is 19.7 Å². The number of carbonyl (C=O) groups is 2. The highest BCUT2D eigenvalue weighted by molar-refractivity contribution is 6.31. The number of fused-ring (bicyclic) bond motifs is 1. The molecule has 0 saturated heterocycles. The molecule has 4 rings (SSSR count). The first-order valence-electron chi connectivity index (χ1n) is 9.63. The largest absolute Gasteiger partial charge is 0.322 e. The van der Waals surface area contributed by atoms with Crippen LogP contribution in [0.25, 0.3) is 0 Å². The molecule has 0 spiro atoms. The molecule has 0 radical (unpaired) electrons. The van der Waals surface area contributed by atoms with Crippen LogP contribution in [-0.2, 0) is 11.2 Å². The van der Waals surface area contributed by atoms with Crippen LogP contribution in [0.1, 0.15) is 41.6 Å². The second-order valence-corrected chi connectivity index (χ2v) is 7.87. The number of nitro benzene ring substituents is 1. The Balaban J connectivity index is 1.58. The molecule has 150 valence electrons. The first-order valence-corrected chi connectivity index (χ1v) is 10.0. The van der Waals surface area contributed by atoms with E-state index in [1.54, 1.807) is 12.1 Å². The minimum atomic E-state index is -0.620. The van der Waals surface area contributed by atoms with Gasteiger partial charge in [0.05, 0.1) is 4.92 Å². The maximum Gasteiger partial charge on any atom is 0.282 e. The lowest BCUT2D eigenvalue weighted by Gasteiger charge is -2.21. The zero-order chi connectivity index (χ0) is 20.5. The van der Waals surface area contributed by atoms with Crippen LogP contribution in [0.5, 0.6) is 0 Å². The summed E-state index contributed by atoms with van der Waals surface area (Å²) in [4.78, 5) is 38.0. The van der Waals surface area contributed by atoms with Crippen LogP contribution in [0.4, 0.5) is 17.1 Å². The first kappa shape index (κ1) is 19.4. The van der Waals surface area contributed by atoms with E-state index in [-0.39, 0.29) is 28.1 Å². The van der Waals surface area contributed by atoms with Crippen LogP contribution in [0.15, 0.2) is 36.4 Å². The number of benzene rings is 2.